The highest BCUT2D eigenvalue weighted by Gasteiger charge is 2.17. The Hall–Kier alpha value is -2.30. The minimum Gasteiger partial charge on any atom is -0.469 e. The second-order valence-electron chi connectivity index (χ2n) is 4.20. The van der Waals surface area contributed by atoms with E-state index in [4.69, 9.17) is 4.42 Å². The smallest absolute Gasteiger partial charge is 0.307 e. The van der Waals surface area contributed by atoms with E-state index < -0.39 is 0 Å². The van der Waals surface area contributed by atoms with Crippen LogP contribution in [0.1, 0.15) is 16.8 Å². The number of benzene rings is 1. The van der Waals surface area contributed by atoms with Crippen LogP contribution in [0.4, 0.5) is 0 Å². The molecule has 2 rings (SSSR count). The zero-order chi connectivity index (χ0) is 13.8. The fraction of sp³-hybridized carbons (Fsp3) is 0.286. The first kappa shape index (κ1) is 13.1. The summed E-state index contributed by atoms with van der Waals surface area (Å²) < 4.78 is 9.87. The number of nitrogens with zero attached hydrogens (tertiary/aromatic N) is 1. The standard InChI is InChI=1S/C14H15NO4/c1-15(8-7-13(16)18-2)14(17)11-9-19-12-6-4-3-5-10(11)12/h3-6,9H,7-8H2,1-2H3. The van der Waals surface area contributed by atoms with Crippen molar-refractivity contribution in [3.05, 3.63) is 36.1 Å². The number of hydrogen-bond acceptors (Lipinski definition) is 4. The highest BCUT2D eigenvalue weighted by molar-refractivity contribution is 6.05. The van der Waals surface area contributed by atoms with E-state index in [2.05, 4.69) is 4.74 Å². The molecule has 0 N–H and O–H groups in total. The van der Waals surface area contributed by atoms with Crippen LogP contribution in [0.15, 0.2) is 34.9 Å². The van der Waals surface area contributed by atoms with Gasteiger partial charge in [0.2, 0.25) is 0 Å². The molecule has 0 unspecified atom stereocenters. The number of esters is 1. The van der Waals surface area contributed by atoms with Gasteiger partial charge in [-0.1, -0.05) is 18.2 Å². The summed E-state index contributed by atoms with van der Waals surface area (Å²) in [4.78, 5) is 24.8. The van der Waals surface area contributed by atoms with E-state index in [-0.39, 0.29) is 18.3 Å². The lowest BCUT2D eigenvalue weighted by atomic mass is 10.1. The van der Waals surface area contributed by atoms with Crippen molar-refractivity contribution in [2.75, 3.05) is 20.7 Å². The molecule has 0 saturated carbocycles. The van der Waals surface area contributed by atoms with Crippen LogP contribution in [0.25, 0.3) is 11.0 Å². The van der Waals surface area contributed by atoms with Crippen LogP contribution < -0.4 is 0 Å². The second kappa shape index (κ2) is 5.56. The number of ether oxygens (including phenoxy) is 1. The third-order valence-corrected chi connectivity index (χ3v) is 2.94. The molecule has 0 atom stereocenters. The Bertz CT molecular complexity index is 602. The Morgan fingerprint density at radius 2 is 2.05 bits per heavy atom. The number of amides is 1. The largest absolute Gasteiger partial charge is 0.469 e. The lowest BCUT2D eigenvalue weighted by Crippen LogP contribution is -2.29. The van der Waals surface area contributed by atoms with E-state index in [0.29, 0.717) is 17.7 Å². The average molecular weight is 261 g/mol. The van der Waals surface area contributed by atoms with E-state index >= 15 is 0 Å². The minimum absolute atomic E-state index is 0.172. The molecular formula is C14H15NO4. The number of fused-ring (bicyclic) bond motifs is 1. The molecular weight excluding hydrogens is 246 g/mol. The Labute approximate surface area is 110 Å². The van der Waals surface area contributed by atoms with Gasteiger partial charge < -0.3 is 14.1 Å². The zero-order valence-electron chi connectivity index (χ0n) is 10.9. The van der Waals surface area contributed by atoms with E-state index in [0.717, 1.165) is 5.39 Å². The normalized spacial score (nSPS) is 10.4. The van der Waals surface area contributed by atoms with Crippen LogP contribution in [-0.2, 0) is 9.53 Å². The Kier molecular flexibility index (Phi) is 3.85. The molecule has 5 nitrogen and oxygen atoms in total. The van der Waals surface area contributed by atoms with Gasteiger partial charge in [-0.2, -0.15) is 0 Å². The molecule has 5 heteroatoms. The maximum absolute atomic E-state index is 12.2. The van der Waals surface area contributed by atoms with Gasteiger partial charge in [-0.25, -0.2) is 0 Å². The lowest BCUT2D eigenvalue weighted by Gasteiger charge is -2.15. The van der Waals surface area contributed by atoms with Crippen LogP contribution in [0, 0.1) is 0 Å². The fourth-order valence-corrected chi connectivity index (χ4v) is 1.81. The monoisotopic (exact) mass is 261 g/mol. The zero-order valence-corrected chi connectivity index (χ0v) is 10.9. The Morgan fingerprint density at radius 1 is 1.32 bits per heavy atom. The molecule has 100 valence electrons. The number of hydrogen-bond donors (Lipinski definition) is 0. The van der Waals surface area contributed by atoms with Gasteiger partial charge in [0.1, 0.15) is 11.8 Å². The molecule has 0 fully saturated rings. The van der Waals surface area contributed by atoms with E-state index in [9.17, 15) is 9.59 Å². The summed E-state index contributed by atoms with van der Waals surface area (Å²) in [5, 5.41) is 0.775. The van der Waals surface area contributed by atoms with Gasteiger partial charge in [0.25, 0.3) is 5.91 Å². The van der Waals surface area contributed by atoms with Crippen LogP contribution >= 0.6 is 0 Å². The third-order valence-electron chi connectivity index (χ3n) is 2.94. The van der Waals surface area contributed by atoms with Crippen molar-refractivity contribution >= 4 is 22.8 Å². The van der Waals surface area contributed by atoms with Gasteiger partial charge in [0.05, 0.1) is 19.1 Å². The summed E-state index contributed by atoms with van der Waals surface area (Å²) in [6.07, 6.45) is 1.62. The number of methoxy groups -OCH3 is 1. The van der Waals surface area contributed by atoms with E-state index in [1.807, 2.05) is 18.2 Å². The van der Waals surface area contributed by atoms with E-state index in [1.54, 1.807) is 13.1 Å². The van der Waals surface area contributed by atoms with Gasteiger partial charge >= 0.3 is 5.97 Å². The van der Waals surface area contributed by atoms with Crippen LogP contribution in [0.5, 0.6) is 0 Å². The lowest BCUT2D eigenvalue weighted by molar-refractivity contribution is -0.140. The van der Waals surface area contributed by atoms with Crippen molar-refractivity contribution < 1.29 is 18.7 Å². The molecule has 0 saturated heterocycles. The predicted molar refractivity (Wildman–Crippen MR) is 69.8 cm³/mol. The molecule has 0 spiro atoms. The first-order valence-corrected chi connectivity index (χ1v) is 5.92. The molecule has 2 aromatic rings. The van der Waals surface area contributed by atoms with Crippen molar-refractivity contribution in [3.8, 4) is 0 Å². The summed E-state index contributed by atoms with van der Waals surface area (Å²) in [6.45, 7) is 0.311. The Morgan fingerprint density at radius 3 is 2.79 bits per heavy atom. The maximum atomic E-state index is 12.2. The predicted octanol–water partition coefficient (Wildman–Crippen LogP) is 2.07. The summed E-state index contributed by atoms with van der Waals surface area (Å²) in [6, 6.07) is 7.34. The first-order chi connectivity index (χ1) is 9.13. The minimum atomic E-state index is -0.336. The summed E-state index contributed by atoms with van der Waals surface area (Å²) in [5.74, 6) is -0.509. The summed E-state index contributed by atoms with van der Waals surface area (Å²) in [5.41, 5.74) is 1.18. The van der Waals surface area contributed by atoms with Gasteiger partial charge in [-0.15, -0.1) is 0 Å². The second-order valence-corrected chi connectivity index (χ2v) is 4.20. The van der Waals surface area contributed by atoms with Crippen molar-refractivity contribution in [1.29, 1.82) is 0 Å². The number of furan rings is 1. The summed E-state index contributed by atoms with van der Waals surface area (Å²) >= 11 is 0. The maximum Gasteiger partial charge on any atom is 0.307 e. The van der Waals surface area contributed by atoms with Crippen LogP contribution in [0.3, 0.4) is 0 Å². The first-order valence-electron chi connectivity index (χ1n) is 5.92. The number of para-hydroxylation sites is 1. The molecule has 1 heterocycles. The topological polar surface area (TPSA) is 59.8 Å². The van der Waals surface area contributed by atoms with Crippen molar-refractivity contribution in [2.24, 2.45) is 0 Å². The van der Waals surface area contributed by atoms with Gasteiger partial charge in [0.15, 0.2) is 0 Å². The van der Waals surface area contributed by atoms with Crippen LogP contribution in [0.2, 0.25) is 0 Å². The van der Waals surface area contributed by atoms with Crippen molar-refractivity contribution in [3.63, 3.8) is 0 Å². The van der Waals surface area contributed by atoms with Gasteiger partial charge in [-0.3, -0.25) is 9.59 Å². The number of carbonyl (C=O) groups excluding carboxylic acids is 2. The molecule has 1 aromatic carbocycles. The SMILES string of the molecule is COC(=O)CCN(C)C(=O)c1coc2ccccc12. The molecule has 19 heavy (non-hydrogen) atoms. The Balaban J connectivity index is 2.13. The van der Waals surface area contributed by atoms with Gasteiger partial charge in [0, 0.05) is 19.0 Å². The van der Waals surface area contributed by atoms with Gasteiger partial charge in [-0.05, 0) is 6.07 Å². The molecule has 1 aromatic heterocycles. The van der Waals surface area contributed by atoms with Crippen molar-refractivity contribution in [1.82, 2.24) is 4.90 Å². The molecule has 0 aliphatic carbocycles. The third kappa shape index (κ3) is 2.76. The summed E-state index contributed by atoms with van der Waals surface area (Å²) in [7, 11) is 2.97. The van der Waals surface area contributed by atoms with E-state index in [1.165, 1.54) is 18.3 Å². The number of rotatable bonds is 4. The molecule has 0 aliphatic rings. The fourth-order valence-electron chi connectivity index (χ4n) is 1.81. The van der Waals surface area contributed by atoms with Crippen LogP contribution in [-0.4, -0.2) is 37.5 Å². The van der Waals surface area contributed by atoms with Crippen molar-refractivity contribution in [2.45, 2.75) is 6.42 Å². The molecule has 0 radical (unpaired) electrons. The average Bonchev–Trinajstić information content (AvgIpc) is 2.87. The molecule has 1 amide bonds. The molecule has 0 aliphatic heterocycles. The quantitative estimate of drug-likeness (QED) is 0.790. The highest BCUT2D eigenvalue weighted by atomic mass is 16.5. The molecule has 0 bridgehead atoms. The number of carbonyl (C=O) groups is 2. The highest BCUT2D eigenvalue weighted by Crippen LogP contribution is 2.21.